The number of ether oxygens (including phenoxy) is 3. The molecule has 1 N–H and O–H groups in total. The lowest BCUT2D eigenvalue weighted by Crippen LogP contribution is -2.29. The van der Waals surface area contributed by atoms with Gasteiger partial charge in [-0.2, -0.15) is 0 Å². The Kier molecular flexibility index (Phi) is 6.69. The van der Waals surface area contributed by atoms with Crippen LogP contribution in [0.25, 0.3) is 0 Å². The molecule has 0 aliphatic carbocycles. The van der Waals surface area contributed by atoms with E-state index in [-0.39, 0.29) is 18.4 Å². The second-order valence-electron chi connectivity index (χ2n) is 5.62. The molecule has 0 bridgehead atoms. The van der Waals surface area contributed by atoms with Crippen LogP contribution in [0.4, 0.5) is 0 Å². The Morgan fingerprint density at radius 3 is 2.36 bits per heavy atom. The Morgan fingerprint density at radius 2 is 1.72 bits per heavy atom. The highest BCUT2D eigenvalue weighted by atomic mass is 16.5. The highest BCUT2D eigenvalue weighted by Crippen LogP contribution is 2.28. The Labute approximate surface area is 148 Å². The lowest BCUT2D eigenvalue weighted by atomic mass is 10.0. The number of carbonyl (C=O) groups is 1. The van der Waals surface area contributed by atoms with E-state index in [1.807, 2.05) is 43.3 Å². The van der Waals surface area contributed by atoms with E-state index >= 15 is 0 Å². The van der Waals surface area contributed by atoms with Gasteiger partial charge in [-0.1, -0.05) is 31.2 Å². The minimum atomic E-state index is -0.104. The molecule has 0 aromatic heterocycles. The fourth-order valence-electron chi connectivity index (χ4n) is 2.77. The summed E-state index contributed by atoms with van der Waals surface area (Å²) in [6.45, 7) is 2.03. The van der Waals surface area contributed by atoms with Gasteiger partial charge >= 0.3 is 0 Å². The number of rotatable bonds is 8. The molecule has 0 fully saturated rings. The topological polar surface area (TPSA) is 56.8 Å². The monoisotopic (exact) mass is 343 g/mol. The van der Waals surface area contributed by atoms with E-state index in [1.54, 1.807) is 27.4 Å². The van der Waals surface area contributed by atoms with Crippen LogP contribution in [0.15, 0.2) is 42.5 Å². The highest BCUT2D eigenvalue weighted by molar-refractivity contribution is 5.80. The molecule has 0 aliphatic rings. The number of methoxy groups -OCH3 is 3. The number of hydrogen-bond donors (Lipinski definition) is 1. The molecule has 1 amide bonds. The Hall–Kier alpha value is -2.69. The standard InChI is InChI=1S/C20H25NO4/c1-5-17(16-8-6-7-9-18(16)24-3)21-20(22)12-14-10-11-15(23-2)13-19(14)25-4/h6-11,13,17H,5,12H2,1-4H3,(H,21,22). The first-order valence-electron chi connectivity index (χ1n) is 8.26. The molecule has 0 radical (unpaired) electrons. The predicted molar refractivity (Wildman–Crippen MR) is 97.4 cm³/mol. The fraction of sp³-hybridized carbons (Fsp3) is 0.350. The number of carbonyl (C=O) groups excluding carboxylic acids is 1. The molecule has 0 heterocycles. The molecule has 5 nitrogen and oxygen atoms in total. The average Bonchev–Trinajstić information content (AvgIpc) is 2.66. The molecule has 1 unspecified atom stereocenters. The Morgan fingerprint density at radius 1 is 1.00 bits per heavy atom. The lowest BCUT2D eigenvalue weighted by molar-refractivity contribution is -0.121. The number of hydrogen-bond acceptors (Lipinski definition) is 4. The van der Waals surface area contributed by atoms with Gasteiger partial charge in [-0.15, -0.1) is 0 Å². The van der Waals surface area contributed by atoms with Gasteiger partial charge in [0.1, 0.15) is 17.2 Å². The summed E-state index contributed by atoms with van der Waals surface area (Å²) in [7, 11) is 4.82. The SMILES string of the molecule is CCC(NC(=O)Cc1ccc(OC)cc1OC)c1ccccc1OC. The number of para-hydroxylation sites is 1. The van der Waals surface area contributed by atoms with Crippen molar-refractivity contribution in [2.45, 2.75) is 25.8 Å². The van der Waals surface area contributed by atoms with Crippen LogP contribution in [0.3, 0.4) is 0 Å². The first-order valence-corrected chi connectivity index (χ1v) is 8.26. The van der Waals surface area contributed by atoms with Crippen molar-refractivity contribution in [3.05, 3.63) is 53.6 Å². The summed E-state index contributed by atoms with van der Waals surface area (Å²) in [5, 5.41) is 3.08. The number of nitrogens with one attached hydrogen (secondary N) is 1. The van der Waals surface area contributed by atoms with Crippen LogP contribution in [0, 0.1) is 0 Å². The van der Waals surface area contributed by atoms with Gasteiger partial charge in [-0.3, -0.25) is 4.79 Å². The molecular weight excluding hydrogens is 318 g/mol. The van der Waals surface area contributed by atoms with Crippen LogP contribution in [-0.2, 0) is 11.2 Å². The molecule has 134 valence electrons. The fourth-order valence-corrected chi connectivity index (χ4v) is 2.77. The smallest absolute Gasteiger partial charge is 0.225 e. The van der Waals surface area contributed by atoms with E-state index in [9.17, 15) is 4.79 Å². The molecule has 0 aliphatic heterocycles. The van der Waals surface area contributed by atoms with Crippen LogP contribution < -0.4 is 19.5 Å². The minimum absolute atomic E-state index is 0.0683. The third kappa shape index (κ3) is 4.66. The van der Waals surface area contributed by atoms with Crippen molar-refractivity contribution in [1.29, 1.82) is 0 Å². The molecule has 5 heteroatoms. The summed E-state index contributed by atoms with van der Waals surface area (Å²) in [6, 6.07) is 13.1. The summed E-state index contributed by atoms with van der Waals surface area (Å²) in [6.07, 6.45) is 1.00. The van der Waals surface area contributed by atoms with Crippen molar-refractivity contribution in [2.24, 2.45) is 0 Å². The van der Waals surface area contributed by atoms with Crippen molar-refractivity contribution < 1.29 is 19.0 Å². The maximum absolute atomic E-state index is 12.5. The maximum Gasteiger partial charge on any atom is 0.225 e. The first kappa shape index (κ1) is 18.6. The van der Waals surface area contributed by atoms with E-state index in [0.717, 1.165) is 23.3 Å². The number of amides is 1. The predicted octanol–water partition coefficient (Wildman–Crippen LogP) is 3.52. The molecule has 1 atom stereocenters. The summed E-state index contributed by atoms with van der Waals surface area (Å²) in [5.74, 6) is 2.04. The normalized spacial score (nSPS) is 11.5. The van der Waals surface area contributed by atoms with E-state index in [4.69, 9.17) is 14.2 Å². The lowest BCUT2D eigenvalue weighted by Gasteiger charge is -2.20. The summed E-state index contributed by atoms with van der Waals surface area (Å²) < 4.78 is 16.0. The molecule has 0 saturated heterocycles. The van der Waals surface area contributed by atoms with Gasteiger partial charge in [0.05, 0.1) is 33.8 Å². The maximum atomic E-state index is 12.5. The zero-order valence-electron chi connectivity index (χ0n) is 15.2. The molecule has 0 spiro atoms. The molecule has 2 rings (SSSR count). The second-order valence-corrected chi connectivity index (χ2v) is 5.62. The Bertz CT molecular complexity index is 715. The third-order valence-electron chi connectivity index (χ3n) is 4.10. The van der Waals surface area contributed by atoms with E-state index in [0.29, 0.717) is 11.5 Å². The van der Waals surface area contributed by atoms with Crippen molar-refractivity contribution in [1.82, 2.24) is 5.32 Å². The van der Waals surface area contributed by atoms with Gasteiger partial charge < -0.3 is 19.5 Å². The molecule has 2 aromatic rings. The van der Waals surface area contributed by atoms with Crippen molar-refractivity contribution >= 4 is 5.91 Å². The van der Waals surface area contributed by atoms with Gasteiger partial charge in [0.2, 0.25) is 5.91 Å². The van der Waals surface area contributed by atoms with Crippen LogP contribution in [0.5, 0.6) is 17.2 Å². The second kappa shape index (κ2) is 8.97. The Balaban J connectivity index is 2.13. The van der Waals surface area contributed by atoms with Crippen LogP contribution in [0.2, 0.25) is 0 Å². The molecule has 2 aromatic carbocycles. The van der Waals surface area contributed by atoms with E-state index in [1.165, 1.54) is 0 Å². The minimum Gasteiger partial charge on any atom is -0.497 e. The van der Waals surface area contributed by atoms with Crippen molar-refractivity contribution in [3.63, 3.8) is 0 Å². The first-order chi connectivity index (χ1) is 12.1. The van der Waals surface area contributed by atoms with Gasteiger partial charge in [0, 0.05) is 17.2 Å². The number of benzene rings is 2. The highest BCUT2D eigenvalue weighted by Gasteiger charge is 2.18. The van der Waals surface area contributed by atoms with Crippen molar-refractivity contribution in [2.75, 3.05) is 21.3 Å². The van der Waals surface area contributed by atoms with Crippen LogP contribution in [-0.4, -0.2) is 27.2 Å². The van der Waals surface area contributed by atoms with Gasteiger partial charge in [0.25, 0.3) is 0 Å². The zero-order valence-corrected chi connectivity index (χ0v) is 15.2. The summed E-state index contributed by atoms with van der Waals surface area (Å²) in [5.41, 5.74) is 1.79. The van der Waals surface area contributed by atoms with Gasteiger partial charge in [-0.25, -0.2) is 0 Å². The van der Waals surface area contributed by atoms with Gasteiger partial charge in [-0.05, 0) is 18.6 Å². The average molecular weight is 343 g/mol. The van der Waals surface area contributed by atoms with E-state index < -0.39 is 0 Å². The largest absolute Gasteiger partial charge is 0.497 e. The third-order valence-corrected chi connectivity index (χ3v) is 4.10. The van der Waals surface area contributed by atoms with Crippen LogP contribution >= 0.6 is 0 Å². The quantitative estimate of drug-likeness (QED) is 0.797. The van der Waals surface area contributed by atoms with Crippen molar-refractivity contribution in [3.8, 4) is 17.2 Å². The molecular formula is C20H25NO4. The van der Waals surface area contributed by atoms with E-state index in [2.05, 4.69) is 5.32 Å². The summed E-state index contributed by atoms with van der Waals surface area (Å²) >= 11 is 0. The molecule has 0 saturated carbocycles. The zero-order chi connectivity index (χ0) is 18.2. The van der Waals surface area contributed by atoms with Gasteiger partial charge in [0.15, 0.2) is 0 Å². The summed E-state index contributed by atoms with van der Waals surface area (Å²) in [4.78, 5) is 12.5. The molecule has 25 heavy (non-hydrogen) atoms. The van der Waals surface area contributed by atoms with Crippen LogP contribution in [0.1, 0.15) is 30.5 Å².